The highest BCUT2D eigenvalue weighted by Gasteiger charge is 2.08. The van der Waals surface area contributed by atoms with Gasteiger partial charge in [-0.05, 0) is 25.5 Å². The molecule has 6 heteroatoms. The Kier molecular flexibility index (Phi) is 4.19. The zero-order valence-electron chi connectivity index (χ0n) is 10.4. The molecule has 0 aromatic carbocycles. The van der Waals surface area contributed by atoms with Gasteiger partial charge in [-0.25, -0.2) is 9.97 Å². The molecule has 1 unspecified atom stereocenters. The number of hydrogen-bond acceptors (Lipinski definition) is 4. The van der Waals surface area contributed by atoms with Gasteiger partial charge < -0.3 is 10.3 Å². The van der Waals surface area contributed by atoms with Gasteiger partial charge in [0, 0.05) is 12.2 Å². The van der Waals surface area contributed by atoms with Crippen LogP contribution >= 0.6 is 11.8 Å². The molecule has 2 rings (SSSR count). The van der Waals surface area contributed by atoms with Gasteiger partial charge in [0.05, 0.1) is 11.3 Å². The average molecular weight is 264 g/mol. The molecular formula is C12H16N4OS. The molecule has 1 amide bonds. The number of aromatic amines is 1. The van der Waals surface area contributed by atoms with Gasteiger partial charge >= 0.3 is 0 Å². The van der Waals surface area contributed by atoms with Crippen LogP contribution in [0.2, 0.25) is 0 Å². The van der Waals surface area contributed by atoms with Crippen molar-refractivity contribution in [2.24, 2.45) is 0 Å². The predicted octanol–water partition coefficient (Wildman–Crippen LogP) is 1.96. The van der Waals surface area contributed by atoms with E-state index in [2.05, 4.69) is 20.3 Å². The van der Waals surface area contributed by atoms with Crippen LogP contribution in [0.1, 0.15) is 20.3 Å². The van der Waals surface area contributed by atoms with Gasteiger partial charge in [0.2, 0.25) is 5.91 Å². The molecule has 0 aliphatic heterocycles. The van der Waals surface area contributed by atoms with Crippen molar-refractivity contribution in [2.45, 2.75) is 31.5 Å². The van der Waals surface area contributed by atoms with Crippen molar-refractivity contribution in [3.8, 4) is 0 Å². The normalized spacial score (nSPS) is 12.6. The van der Waals surface area contributed by atoms with Crippen molar-refractivity contribution < 1.29 is 4.79 Å². The van der Waals surface area contributed by atoms with Gasteiger partial charge in [-0.15, -0.1) is 0 Å². The third-order valence-corrected chi connectivity index (χ3v) is 3.47. The highest BCUT2D eigenvalue weighted by Crippen LogP contribution is 2.17. The summed E-state index contributed by atoms with van der Waals surface area (Å²) in [6.07, 6.45) is 2.64. The fourth-order valence-corrected chi connectivity index (χ4v) is 2.13. The maximum absolute atomic E-state index is 11.6. The van der Waals surface area contributed by atoms with E-state index < -0.39 is 0 Å². The first-order chi connectivity index (χ1) is 8.69. The third-order valence-electron chi connectivity index (χ3n) is 2.60. The minimum absolute atomic E-state index is 0.0303. The van der Waals surface area contributed by atoms with Crippen LogP contribution < -0.4 is 5.32 Å². The van der Waals surface area contributed by atoms with Crippen LogP contribution in [-0.4, -0.2) is 32.7 Å². The Hall–Kier alpha value is -1.56. The standard InChI is InChI=1S/C12H16N4OS/c1-3-8(2)14-10(17)7-18-12-15-9-5-4-6-13-11(9)16-12/h4-6,8H,3,7H2,1-2H3,(H,14,17)(H,13,15,16). The van der Waals surface area contributed by atoms with E-state index in [-0.39, 0.29) is 11.9 Å². The largest absolute Gasteiger partial charge is 0.353 e. The van der Waals surface area contributed by atoms with Gasteiger partial charge in [0.25, 0.3) is 0 Å². The van der Waals surface area contributed by atoms with E-state index in [4.69, 9.17) is 0 Å². The molecule has 1 atom stereocenters. The van der Waals surface area contributed by atoms with Crippen molar-refractivity contribution in [3.05, 3.63) is 18.3 Å². The second kappa shape index (κ2) is 5.86. The molecule has 0 aliphatic carbocycles. The number of H-pyrrole nitrogens is 1. The van der Waals surface area contributed by atoms with Crippen molar-refractivity contribution in [3.63, 3.8) is 0 Å². The van der Waals surface area contributed by atoms with E-state index in [1.165, 1.54) is 11.8 Å². The summed E-state index contributed by atoms with van der Waals surface area (Å²) in [4.78, 5) is 23.2. The fraction of sp³-hybridized carbons (Fsp3) is 0.417. The van der Waals surface area contributed by atoms with E-state index >= 15 is 0 Å². The number of carbonyl (C=O) groups excluding carboxylic acids is 1. The zero-order chi connectivity index (χ0) is 13.0. The molecule has 0 spiro atoms. The molecule has 96 valence electrons. The summed E-state index contributed by atoms with van der Waals surface area (Å²) < 4.78 is 0. The first-order valence-corrected chi connectivity index (χ1v) is 6.90. The SMILES string of the molecule is CCC(C)NC(=O)CSc1nc2ncccc2[nH]1. The maximum Gasteiger partial charge on any atom is 0.230 e. The molecule has 18 heavy (non-hydrogen) atoms. The Labute approximate surface area is 110 Å². The van der Waals surface area contributed by atoms with Crippen LogP contribution in [0.25, 0.3) is 11.2 Å². The number of hydrogen-bond donors (Lipinski definition) is 2. The van der Waals surface area contributed by atoms with Gasteiger partial charge in [-0.3, -0.25) is 4.79 Å². The van der Waals surface area contributed by atoms with Crippen LogP contribution in [0.3, 0.4) is 0 Å². The smallest absolute Gasteiger partial charge is 0.230 e. The maximum atomic E-state index is 11.6. The molecule has 5 nitrogen and oxygen atoms in total. The number of carbonyl (C=O) groups is 1. The Balaban J connectivity index is 1.92. The molecular weight excluding hydrogens is 248 g/mol. The summed E-state index contributed by atoms with van der Waals surface area (Å²) in [6.45, 7) is 4.04. The van der Waals surface area contributed by atoms with E-state index in [0.717, 1.165) is 17.1 Å². The summed E-state index contributed by atoms with van der Waals surface area (Å²) in [5.41, 5.74) is 1.57. The molecule has 0 aliphatic rings. The summed E-state index contributed by atoms with van der Waals surface area (Å²) in [5.74, 6) is 0.396. The lowest BCUT2D eigenvalue weighted by molar-refractivity contribution is -0.119. The van der Waals surface area contributed by atoms with Crippen LogP contribution in [0.15, 0.2) is 23.5 Å². The van der Waals surface area contributed by atoms with Crippen molar-refractivity contribution in [1.82, 2.24) is 20.3 Å². The number of rotatable bonds is 5. The van der Waals surface area contributed by atoms with E-state index in [1.807, 2.05) is 26.0 Å². The Morgan fingerprint density at radius 2 is 2.44 bits per heavy atom. The van der Waals surface area contributed by atoms with Crippen molar-refractivity contribution in [2.75, 3.05) is 5.75 Å². The number of amides is 1. The number of pyridine rings is 1. The average Bonchev–Trinajstić information content (AvgIpc) is 2.79. The Morgan fingerprint density at radius 3 is 3.17 bits per heavy atom. The number of aromatic nitrogens is 3. The highest BCUT2D eigenvalue weighted by molar-refractivity contribution is 7.99. The van der Waals surface area contributed by atoms with Gasteiger partial charge in [0.1, 0.15) is 0 Å². The Morgan fingerprint density at radius 1 is 1.61 bits per heavy atom. The first kappa shape index (κ1) is 12.9. The van der Waals surface area contributed by atoms with E-state index in [1.54, 1.807) is 6.20 Å². The molecule has 2 heterocycles. The molecule has 2 N–H and O–H groups in total. The number of nitrogens with one attached hydrogen (secondary N) is 2. The van der Waals surface area contributed by atoms with E-state index in [0.29, 0.717) is 11.4 Å². The van der Waals surface area contributed by atoms with Gasteiger partial charge in [-0.1, -0.05) is 18.7 Å². The quantitative estimate of drug-likeness (QED) is 0.810. The Bertz CT molecular complexity index is 507. The molecule has 0 radical (unpaired) electrons. The van der Waals surface area contributed by atoms with Gasteiger partial charge in [0.15, 0.2) is 10.8 Å². The number of imidazole rings is 1. The minimum atomic E-state index is 0.0303. The predicted molar refractivity (Wildman–Crippen MR) is 72.5 cm³/mol. The second-order valence-electron chi connectivity index (χ2n) is 4.08. The highest BCUT2D eigenvalue weighted by atomic mass is 32.2. The monoisotopic (exact) mass is 264 g/mol. The lowest BCUT2D eigenvalue weighted by atomic mass is 10.3. The number of thioether (sulfide) groups is 1. The topological polar surface area (TPSA) is 70.7 Å². The lowest BCUT2D eigenvalue weighted by Gasteiger charge is -2.10. The summed E-state index contributed by atoms with van der Waals surface area (Å²) in [5, 5.41) is 3.64. The summed E-state index contributed by atoms with van der Waals surface area (Å²) in [7, 11) is 0. The van der Waals surface area contributed by atoms with Crippen LogP contribution in [0, 0.1) is 0 Å². The van der Waals surface area contributed by atoms with E-state index in [9.17, 15) is 4.79 Å². The van der Waals surface area contributed by atoms with Crippen molar-refractivity contribution in [1.29, 1.82) is 0 Å². The second-order valence-corrected chi connectivity index (χ2v) is 5.05. The summed E-state index contributed by atoms with van der Waals surface area (Å²) >= 11 is 1.39. The molecule has 2 aromatic heterocycles. The number of nitrogens with zero attached hydrogens (tertiary/aromatic N) is 2. The molecule has 0 saturated heterocycles. The van der Waals surface area contributed by atoms with Crippen molar-refractivity contribution >= 4 is 28.8 Å². The number of fused-ring (bicyclic) bond motifs is 1. The lowest BCUT2D eigenvalue weighted by Crippen LogP contribution is -2.33. The molecule has 0 bridgehead atoms. The zero-order valence-corrected chi connectivity index (χ0v) is 11.3. The summed E-state index contributed by atoms with van der Waals surface area (Å²) in [6, 6.07) is 3.99. The molecule has 0 fully saturated rings. The van der Waals surface area contributed by atoms with Crippen LogP contribution in [0.4, 0.5) is 0 Å². The third kappa shape index (κ3) is 3.22. The molecule has 2 aromatic rings. The van der Waals surface area contributed by atoms with Gasteiger partial charge in [-0.2, -0.15) is 0 Å². The first-order valence-electron chi connectivity index (χ1n) is 5.92. The van der Waals surface area contributed by atoms with Crippen LogP contribution in [-0.2, 0) is 4.79 Å². The fourth-order valence-electron chi connectivity index (χ4n) is 1.44. The minimum Gasteiger partial charge on any atom is -0.353 e. The van der Waals surface area contributed by atoms with Crippen LogP contribution in [0.5, 0.6) is 0 Å². The molecule has 0 saturated carbocycles.